The van der Waals surface area contributed by atoms with Gasteiger partial charge in [-0.25, -0.2) is 4.39 Å². The number of benzene rings is 2. The van der Waals surface area contributed by atoms with Crippen molar-refractivity contribution in [3.05, 3.63) is 59.4 Å². The van der Waals surface area contributed by atoms with Gasteiger partial charge in [-0.1, -0.05) is 12.1 Å². The molecule has 0 bridgehead atoms. The van der Waals surface area contributed by atoms with E-state index in [1.54, 1.807) is 13.2 Å². The second-order valence-electron chi connectivity index (χ2n) is 5.10. The van der Waals surface area contributed by atoms with Crippen molar-refractivity contribution in [2.45, 2.75) is 19.3 Å². The van der Waals surface area contributed by atoms with Gasteiger partial charge in [0.05, 0.1) is 13.7 Å². The van der Waals surface area contributed by atoms with Crippen LogP contribution in [0.4, 0.5) is 4.39 Å². The van der Waals surface area contributed by atoms with Gasteiger partial charge in [0.1, 0.15) is 17.3 Å². The zero-order valence-corrected chi connectivity index (χ0v) is 13.0. The lowest BCUT2D eigenvalue weighted by atomic mass is 9.91. The number of methoxy groups -OCH3 is 1. The first-order valence-corrected chi connectivity index (χ1v) is 7.43. The van der Waals surface area contributed by atoms with Crippen LogP contribution >= 0.6 is 0 Å². The van der Waals surface area contributed by atoms with Gasteiger partial charge in [-0.3, -0.25) is 0 Å². The fourth-order valence-electron chi connectivity index (χ4n) is 2.56. The van der Waals surface area contributed by atoms with Crippen LogP contribution in [0, 0.1) is 5.82 Å². The summed E-state index contributed by atoms with van der Waals surface area (Å²) in [5.74, 6) is 1.21. The minimum Gasteiger partial charge on any atom is -0.496 e. The molecule has 0 saturated carbocycles. The maximum absolute atomic E-state index is 13.6. The maximum atomic E-state index is 13.6. The van der Waals surface area contributed by atoms with Crippen LogP contribution in [-0.2, 0) is 6.42 Å². The average molecular weight is 303 g/mol. The zero-order chi connectivity index (χ0) is 15.9. The van der Waals surface area contributed by atoms with Crippen molar-refractivity contribution in [1.82, 2.24) is 0 Å². The molecule has 118 valence electrons. The molecule has 0 aromatic heterocycles. The second-order valence-corrected chi connectivity index (χ2v) is 5.10. The molecule has 22 heavy (non-hydrogen) atoms. The highest BCUT2D eigenvalue weighted by Crippen LogP contribution is 2.30. The number of rotatable bonds is 7. The van der Waals surface area contributed by atoms with Crippen LogP contribution in [0.15, 0.2) is 42.5 Å². The monoisotopic (exact) mass is 303 g/mol. The molecule has 0 aliphatic carbocycles. The molecule has 0 amide bonds. The normalized spacial score (nSPS) is 12.0. The van der Waals surface area contributed by atoms with Crippen LogP contribution in [-0.4, -0.2) is 20.3 Å². The quantitative estimate of drug-likeness (QED) is 0.851. The van der Waals surface area contributed by atoms with Crippen molar-refractivity contribution < 1.29 is 13.9 Å². The number of halogens is 1. The van der Waals surface area contributed by atoms with Crippen LogP contribution in [0.5, 0.6) is 11.5 Å². The van der Waals surface area contributed by atoms with Gasteiger partial charge in [-0.2, -0.15) is 0 Å². The molecule has 0 fully saturated rings. The summed E-state index contributed by atoms with van der Waals surface area (Å²) >= 11 is 0. The summed E-state index contributed by atoms with van der Waals surface area (Å²) in [5, 5.41) is 0. The Morgan fingerprint density at radius 3 is 2.68 bits per heavy atom. The molecule has 3 nitrogen and oxygen atoms in total. The van der Waals surface area contributed by atoms with Gasteiger partial charge >= 0.3 is 0 Å². The minimum atomic E-state index is -0.280. The molecule has 1 unspecified atom stereocenters. The molecule has 2 aromatic rings. The molecule has 4 heteroatoms. The molecule has 2 aromatic carbocycles. The molecule has 0 saturated heterocycles. The maximum Gasteiger partial charge on any atom is 0.123 e. The lowest BCUT2D eigenvalue weighted by Crippen LogP contribution is -2.16. The summed E-state index contributed by atoms with van der Waals surface area (Å²) in [5.41, 5.74) is 7.82. The van der Waals surface area contributed by atoms with Gasteiger partial charge in [0.2, 0.25) is 0 Å². The Labute approximate surface area is 130 Å². The van der Waals surface area contributed by atoms with Crippen molar-refractivity contribution in [1.29, 1.82) is 0 Å². The fourth-order valence-corrected chi connectivity index (χ4v) is 2.56. The number of hydrogen-bond acceptors (Lipinski definition) is 3. The topological polar surface area (TPSA) is 44.5 Å². The molecule has 1 atom stereocenters. The highest BCUT2D eigenvalue weighted by atomic mass is 19.1. The van der Waals surface area contributed by atoms with Crippen LogP contribution in [0.2, 0.25) is 0 Å². The van der Waals surface area contributed by atoms with Gasteiger partial charge < -0.3 is 15.2 Å². The smallest absolute Gasteiger partial charge is 0.123 e. The van der Waals surface area contributed by atoms with Crippen molar-refractivity contribution >= 4 is 0 Å². The molecule has 0 aliphatic rings. The van der Waals surface area contributed by atoms with Gasteiger partial charge in [0.25, 0.3) is 0 Å². The van der Waals surface area contributed by atoms with Crippen LogP contribution in [0.25, 0.3) is 0 Å². The van der Waals surface area contributed by atoms with Gasteiger partial charge in [-0.05, 0) is 55.8 Å². The van der Waals surface area contributed by atoms with Gasteiger partial charge in [0.15, 0.2) is 0 Å². The van der Waals surface area contributed by atoms with Crippen LogP contribution in [0.3, 0.4) is 0 Å². The summed E-state index contributed by atoms with van der Waals surface area (Å²) in [6.07, 6.45) is 0.706. The summed E-state index contributed by atoms with van der Waals surface area (Å²) < 4.78 is 24.4. The molecular formula is C18H22FNO2. The summed E-state index contributed by atoms with van der Waals surface area (Å²) in [7, 11) is 1.58. The van der Waals surface area contributed by atoms with E-state index in [2.05, 4.69) is 0 Å². The Morgan fingerprint density at radius 2 is 2.00 bits per heavy atom. The molecule has 0 spiro atoms. The number of ether oxygens (including phenoxy) is 2. The van der Waals surface area contributed by atoms with Crippen molar-refractivity contribution in [2.24, 2.45) is 5.73 Å². The first kappa shape index (κ1) is 16.3. The number of nitrogens with two attached hydrogens (primary N) is 1. The summed E-state index contributed by atoms with van der Waals surface area (Å²) in [6, 6.07) is 12.4. The third kappa shape index (κ3) is 3.98. The van der Waals surface area contributed by atoms with Crippen molar-refractivity contribution in [2.75, 3.05) is 20.3 Å². The van der Waals surface area contributed by atoms with Gasteiger partial charge in [-0.15, -0.1) is 0 Å². The molecule has 2 N–H and O–H groups in total. The van der Waals surface area contributed by atoms with E-state index >= 15 is 0 Å². The summed E-state index contributed by atoms with van der Waals surface area (Å²) in [6.45, 7) is 2.99. The highest BCUT2D eigenvalue weighted by molar-refractivity contribution is 5.39. The van der Waals surface area contributed by atoms with E-state index in [0.29, 0.717) is 25.3 Å². The molecule has 0 heterocycles. The van der Waals surface area contributed by atoms with E-state index < -0.39 is 0 Å². The standard InChI is InChI=1S/C18H22FNO2/c1-3-22-16-6-4-5-13(10-16)9-14(12-20)17-11-15(19)7-8-18(17)21-2/h4-8,10-11,14H,3,9,12,20H2,1-2H3. The molecule has 0 radical (unpaired) electrons. The Morgan fingerprint density at radius 1 is 1.18 bits per heavy atom. The van der Waals surface area contributed by atoms with E-state index in [1.807, 2.05) is 31.2 Å². The lowest BCUT2D eigenvalue weighted by Gasteiger charge is -2.19. The van der Waals surface area contributed by atoms with E-state index in [9.17, 15) is 4.39 Å². The molecule has 0 aliphatic heterocycles. The largest absolute Gasteiger partial charge is 0.496 e. The molecule has 2 rings (SSSR count). The highest BCUT2D eigenvalue weighted by Gasteiger charge is 2.16. The van der Waals surface area contributed by atoms with Crippen LogP contribution in [0.1, 0.15) is 24.0 Å². The second kappa shape index (κ2) is 7.80. The molecular weight excluding hydrogens is 281 g/mol. The Bertz CT molecular complexity index is 616. The van der Waals surface area contributed by atoms with Crippen molar-refractivity contribution in [3.8, 4) is 11.5 Å². The third-order valence-electron chi connectivity index (χ3n) is 3.61. The first-order valence-electron chi connectivity index (χ1n) is 7.43. The average Bonchev–Trinajstić information content (AvgIpc) is 2.53. The fraction of sp³-hybridized carbons (Fsp3) is 0.333. The number of hydrogen-bond donors (Lipinski definition) is 1. The van der Waals surface area contributed by atoms with E-state index in [4.69, 9.17) is 15.2 Å². The van der Waals surface area contributed by atoms with E-state index in [-0.39, 0.29) is 11.7 Å². The first-order chi connectivity index (χ1) is 10.7. The predicted octanol–water partition coefficient (Wildman–Crippen LogP) is 3.52. The summed E-state index contributed by atoms with van der Waals surface area (Å²) in [4.78, 5) is 0. The van der Waals surface area contributed by atoms with Gasteiger partial charge in [0, 0.05) is 11.5 Å². The van der Waals surface area contributed by atoms with E-state index in [0.717, 1.165) is 16.9 Å². The Balaban J connectivity index is 2.25. The van der Waals surface area contributed by atoms with Crippen molar-refractivity contribution in [3.63, 3.8) is 0 Å². The zero-order valence-electron chi connectivity index (χ0n) is 13.0. The third-order valence-corrected chi connectivity index (χ3v) is 3.61. The Kier molecular flexibility index (Phi) is 5.78. The Hall–Kier alpha value is -2.07. The minimum absolute atomic E-state index is 0.0115. The predicted molar refractivity (Wildman–Crippen MR) is 86.1 cm³/mol. The van der Waals surface area contributed by atoms with Crippen LogP contribution < -0.4 is 15.2 Å². The van der Waals surface area contributed by atoms with E-state index in [1.165, 1.54) is 12.1 Å². The SMILES string of the molecule is CCOc1cccc(CC(CN)c2cc(F)ccc2OC)c1. The lowest BCUT2D eigenvalue weighted by molar-refractivity contribution is 0.340.